The Balaban J connectivity index is 0.000000167. The number of nitrogens with one attached hydrogen (secondary N) is 2. The standard InChI is InChI=1S/C20H14N4.4C7H7O.Co/c1-2-14-10-16-5-6-18(23-16)12-20-8-7-19(24-20)11-17-4-3-15(22-17)9-13(1)21-14;4*1-8-7-5-3-2-4-6-7;/h1-12,21,24H;4*3-6H,1H3;. The number of aromatic amines is 2. The van der Waals surface area contributed by atoms with E-state index < -0.39 is 12.6 Å². The molecule has 5 heterocycles. The van der Waals surface area contributed by atoms with E-state index in [0.717, 1.165) is 67.8 Å². The van der Waals surface area contributed by atoms with E-state index in [2.05, 4.69) is 92.7 Å². The van der Waals surface area contributed by atoms with E-state index >= 15 is 0 Å². The van der Waals surface area contributed by atoms with E-state index in [1.165, 1.54) is 18.0 Å². The molecule has 9 rings (SSSR count). The molecule has 0 saturated carbocycles. The van der Waals surface area contributed by atoms with Gasteiger partial charge in [0.2, 0.25) is 0 Å². The van der Waals surface area contributed by atoms with Gasteiger partial charge < -0.3 is 9.97 Å². The van der Waals surface area contributed by atoms with Gasteiger partial charge in [0.25, 0.3) is 0 Å². The van der Waals surface area contributed by atoms with Gasteiger partial charge in [0.05, 0.1) is 22.8 Å². The molecule has 7 aromatic rings. The zero-order chi connectivity index (χ0) is 39.2. The van der Waals surface area contributed by atoms with Crippen LogP contribution in [0.25, 0.3) is 46.4 Å². The number of rotatable bonds is 8. The number of hydrogen-bond donors (Lipinski definition) is 2. The number of aromatic nitrogens is 4. The van der Waals surface area contributed by atoms with Gasteiger partial charge in [-0.1, -0.05) is 0 Å². The van der Waals surface area contributed by atoms with Crippen molar-refractivity contribution in [1.82, 2.24) is 19.9 Å². The summed E-state index contributed by atoms with van der Waals surface area (Å²) in [6.07, 6.45) is 8.09. The Morgan fingerprint density at radius 2 is 0.561 bits per heavy atom. The van der Waals surface area contributed by atoms with Gasteiger partial charge in [-0.2, -0.15) is 0 Å². The second-order valence-electron chi connectivity index (χ2n) is 12.9. The second kappa shape index (κ2) is 16.5. The van der Waals surface area contributed by atoms with Crippen molar-refractivity contribution in [2.75, 3.05) is 28.4 Å². The van der Waals surface area contributed by atoms with Crippen LogP contribution in [0.3, 0.4) is 0 Å². The van der Waals surface area contributed by atoms with Crippen LogP contribution in [0.1, 0.15) is 22.8 Å². The Hall–Kier alpha value is -6.81. The van der Waals surface area contributed by atoms with Gasteiger partial charge >= 0.3 is 198 Å². The van der Waals surface area contributed by atoms with Crippen molar-refractivity contribution in [3.05, 3.63) is 168 Å². The molecule has 0 unspecified atom stereocenters. The molecule has 57 heavy (non-hydrogen) atoms. The zero-order valence-electron chi connectivity index (χ0n) is 32.0. The zero-order valence-corrected chi connectivity index (χ0v) is 33.1. The first kappa shape index (κ1) is 37.1. The number of methoxy groups -OCH3 is 4. The molecule has 0 radical (unpaired) electrons. The summed E-state index contributed by atoms with van der Waals surface area (Å²) >= 11 is -2.22. The topological polar surface area (TPSA) is 94.3 Å². The van der Waals surface area contributed by atoms with Crippen molar-refractivity contribution < 1.29 is 31.6 Å². The summed E-state index contributed by atoms with van der Waals surface area (Å²) in [6.45, 7) is 0. The molecule has 4 aromatic carbocycles. The van der Waals surface area contributed by atoms with Crippen LogP contribution < -0.4 is 36.9 Å². The average Bonchev–Trinajstić information content (AvgIpc) is 4.10. The number of ether oxygens (including phenoxy) is 4. The van der Waals surface area contributed by atoms with Crippen LogP contribution in [-0.4, -0.2) is 48.4 Å². The molecule has 0 saturated heterocycles. The van der Waals surface area contributed by atoms with Gasteiger partial charge in [0.1, 0.15) is 0 Å². The third-order valence-corrected chi connectivity index (χ3v) is 14.3. The minimum absolute atomic E-state index is 0.829. The molecular formula is C48H42CoN4O4. The monoisotopic (exact) mass is 797 g/mol. The molecule has 2 aliphatic rings. The normalized spacial score (nSPS) is 12.0. The van der Waals surface area contributed by atoms with E-state index in [9.17, 15) is 0 Å². The molecule has 3 aromatic heterocycles. The van der Waals surface area contributed by atoms with Gasteiger partial charge in [0, 0.05) is 22.1 Å². The Morgan fingerprint density at radius 1 is 0.333 bits per heavy atom. The summed E-state index contributed by atoms with van der Waals surface area (Å²) < 4.78 is 26.7. The van der Waals surface area contributed by atoms with Crippen LogP contribution in [0.15, 0.2) is 146 Å². The SMILES string of the molecule is C1=Cc2cc3ccc(cc4nc(cc5ccc(cc1n2)[nH]5)C=C4)[nH]3.COc1cc[c]([Co]([c]2ccc(OC)cc2)([c]2ccc(OC)cc2)[c]2ccc(OC)cc2)cc1. The number of fused-ring (bicyclic) bond motifs is 8. The molecule has 2 aliphatic heterocycles. The third kappa shape index (κ3) is 7.97. The second-order valence-corrected chi connectivity index (χ2v) is 16.9. The van der Waals surface area contributed by atoms with Crippen molar-refractivity contribution in [2.24, 2.45) is 0 Å². The number of benzene rings is 4. The van der Waals surface area contributed by atoms with Crippen molar-refractivity contribution in [1.29, 1.82) is 0 Å². The number of nitrogens with zero attached hydrogens (tertiary/aromatic N) is 2. The quantitative estimate of drug-likeness (QED) is 0.161. The molecule has 9 heteroatoms. The number of H-pyrrole nitrogens is 2. The van der Waals surface area contributed by atoms with Crippen molar-refractivity contribution in [3.63, 3.8) is 0 Å². The van der Waals surface area contributed by atoms with E-state index in [0.29, 0.717) is 0 Å². The molecule has 2 N–H and O–H groups in total. The minimum atomic E-state index is -2.22. The maximum absolute atomic E-state index is 5.45. The van der Waals surface area contributed by atoms with E-state index in [-0.39, 0.29) is 0 Å². The first-order chi connectivity index (χ1) is 27.9. The summed E-state index contributed by atoms with van der Waals surface area (Å²) in [6, 6.07) is 50.0. The van der Waals surface area contributed by atoms with Crippen LogP contribution in [0.5, 0.6) is 23.0 Å². The molecule has 8 bridgehead atoms. The maximum atomic E-state index is 5.45. The fourth-order valence-corrected chi connectivity index (χ4v) is 11.4. The van der Waals surface area contributed by atoms with Gasteiger partial charge in [-0.15, -0.1) is 0 Å². The van der Waals surface area contributed by atoms with Gasteiger partial charge in [-0.25, -0.2) is 9.97 Å². The van der Waals surface area contributed by atoms with E-state index in [1.807, 2.05) is 97.1 Å². The third-order valence-electron chi connectivity index (χ3n) is 9.33. The van der Waals surface area contributed by atoms with Crippen molar-refractivity contribution in [2.45, 2.75) is 0 Å². The fourth-order valence-electron chi connectivity index (χ4n) is 6.53. The first-order valence-corrected chi connectivity index (χ1v) is 20.3. The molecular weight excluding hydrogens is 755 g/mol. The van der Waals surface area contributed by atoms with Crippen LogP contribution >= 0.6 is 0 Å². The van der Waals surface area contributed by atoms with E-state index in [1.54, 1.807) is 28.4 Å². The first-order valence-electron chi connectivity index (χ1n) is 18.2. The summed E-state index contributed by atoms with van der Waals surface area (Å²) in [4.78, 5) is 16.0. The van der Waals surface area contributed by atoms with Gasteiger partial charge in [-0.3, -0.25) is 0 Å². The molecule has 0 spiro atoms. The predicted molar refractivity (Wildman–Crippen MR) is 229 cm³/mol. The Bertz CT molecular complexity index is 2350. The summed E-state index contributed by atoms with van der Waals surface area (Å²) in [5, 5.41) is 0. The Morgan fingerprint density at radius 3 is 0.772 bits per heavy atom. The summed E-state index contributed by atoms with van der Waals surface area (Å²) in [7, 11) is 6.75. The average molecular weight is 798 g/mol. The summed E-state index contributed by atoms with van der Waals surface area (Å²) in [5.41, 5.74) is 7.86. The molecule has 0 fully saturated rings. The number of hydrogen-bond acceptors (Lipinski definition) is 6. The predicted octanol–water partition coefficient (Wildman–Crippen LogP) is 8.13. The van der Waals surface area contributed by atoms with Gasteiger partial charge in [-0.05, 0) is 72.8 Å². The van der Waals surface area contributed by atoms with Crippen LogP contribution in [-0.2, 0) is 12.6 Å². The molecule has 287 valence electrons. The molecule has 0 atom stereocenters. The Labute approximate surface area is 334 Å². The van der Waals surface area contributed by atoms with E-state index in [4.69, 9.17) is 18.9 Å². The molecule has 0 amide bonds. The fraction of sp³-hybridized carbons (Fsp3) is 0.0833. The van der Waals surface area contributed by atoms with Gasteiger partial charge in [0.15, 0.2) is 0 Å². The van der Waals surface area contributed by atoms with Crippen molar-refractivity contribution in [3.8, 4) is 23.0 Å². The van der Waals surface area contributed by atoms with Crippen LogP contribution in [0.4, 0.5) is 0 Å². The molecule has 8 nitrogen and oxygen atoms in total. The van der Waals surface area contributed by atoms with Crippen LogP contribution in [0, 0.1) is 0 Å². The molecule has 0 aliphatic carbocycles. The summed E-state index contributed by atoms with van der Waals surface area (Å²) in [5.74, 6) is 3.32. The van der Waals surface area contributed by atoms with Crippen molar-refractivity contribution >= 4 is 64.4 Å². The Kier molecular flexibility index (Phi) is 10.7. The van der Waals surface area contributed by atoms with Crippen LogP contribution in [0.2, 0.25) is 0 Å².